The van der Waals surface area contributed by atoms with Crippen LogP contribution in [0.1, 0.15) is 41.0 Å². The molecule has 0 aromatic heterocycles. The lowest BCUT2D eigenvalue weighted by Gasteiger charge is -2.48. The van der Waals surface area contributed by atoms with Crippen LogP contribution in [-0.2, 0) is 4.79 Å². The second kappa shape index (κ2) is 9.62. The van der Waals surface area contributed by atoms with Gasteiger partial charge < -0.3 is 9.80 Å². The monoisotopic (exact) mass is 308 g/mol. The zero-order valence-corrected chi connectivity index (χ0v) is 14.9. The van der Waals surface area contributed by atoms with Gasteiger partial charge in [-0.3, -0.25) is 9.69 Å². The summed E-state index contributed by atoms with van der Waals surface area (Å²) in [6, 6.07) is 0.568. The van der Waals surface area contributed by atoms with Crippen LogP contribution in [0.15, 0.2) is 17.3 Å². The van der Waals surface area contributed by atoms with Crippen LogP contribution < -0.4 is 0 Å². The molecule has 0 spiro atoms. The van der Waals surface area contributed by atoms with Crippen LogP contribution in [0.25, 0.3) is 0 Å². The van der Waals surface area contributed by atoms with Crippen molar-refractivity contribution in [2.24, 2.45) is 4.99 Å². The molecule has 0 saturated carbocycles. The summed E-state index contributed by atoms with van der Waals surface area (Å²) in [6.45, 7) is 15.8. The molecule has 5 nitrogen and oxygen atoms in total. The van der Waals surface area contributed by atoms with Crippen LogP contribution in [0.5, 0.6) is 0 Å². The van der Waals surface area contributed by atoms with Gasteiger partial charge in [-0.1, -0.05) is 26.8 Å². The van der Waals surface area contributed by atoms with E-state index in [4.69, 9.17) is 0 Å². The molecule has 2 rings (SSSR count). The average molecular weight is 308 g/mol. The van der Waals surface area contributed by atoms with Gasteiger partial charge in [0.2, 0.25) is 5.91 Å². The Kier molecular flexibility index (Phi) is 8.17. The van der Waals surface area contributed by atoms with Crippen molar-refractivity contribution in [1.82, 2.24) is 14.7 Å². The van der Waals surface area contributed by atoms with Gasteiger partial charge in [-0.25, -0.2) is 4.99 Å². The second-order valence-corrected chi connectivity index (χ2v) is 5.48. The summed E-state index contributed by atoms with van der Waals surface area (Å²) in [7, 11) is 0. The Hall–Kier alpha value is -1.36. The van der Waals surface area contributed by atoms with Crippen molar-refractivity contribution in [2.75, 3.05) is 39.3 Å². The molecule has 2 saturated heterocycles. The number of hydrogen-bond donors (Lipinski definition) is 0. The van der Waals surface area contributed by atoms with E-state index in [1.807, 2.05) is 37.9 Å². The van der Waals surface area contributed by atoms with Gasteiger partial charge in [-0.2, -0.15) is 0 Å². The highest BCUT2D eigenvalue weighted by molar-refractivity contribution is 5.82. The van der Waals surface area contributed by atoms with Crippen LogP contribution in [0.2, 0.25) is 0 Å². The predicted octanol–water partition coefficient (Wildman–Crippen LogP) is 2.20. The van der Waals surface area contributed by atoms with Gasteiger partial charge in [0.1, 0.15) is 5.84 Å². The number of amidine groups is 1. The van der Waals surface area contributed by atoms with Crippen LogP contribution in [-0.4, -0.2) is 71.8 Å². The Morgan fingerprint density at radius 3 is 2.18 bits per heavy atom. The number of nitrogens with zero attached hydrogens (tertiary/aromatic N) is 4. The smallest absolute Gasteiger partial charge is 0.219 e. The first-order chi connectivity index (χ1) is 10.7. The minimum Gasteiger partial charge on any atom is -0.358 e. The van der Waals surface area contributed by atoms with Crippen molar-refractivity contribution < 1.29 is 4.79 Å². The van der Waals surface area contributed by atoms with Crippen molar-refractivity contribution in [2.45, 2.75) is 47.1 Å². The lowest BCUT2D eigenvalue weighted by Crippen LogP contribution is -2.64. The second-order valence-electron chi connectivity index (χ2n) is 5.48. The van der Waals surface area contributed by atoms with Crippen LogP contribution in [0.3, 0.4) is 0 Å². The number of aliphatic imine (C=N–C) groups is 1. The summed E-state index contributed by atoms with van der Waals surface area (Å²) in [5.74, 6) is 1.38. The van der Waals surface area contributed by atoms with Gasteiger partial charge >= 0.3 is 0 Å². The molecule has 0 N–H and O–H groups in total. The van der Waals surface area contributed by atoms with Gasteiger partial charge in [-0.05, 0) is 6.92 Å². The zero-order valence-electron chi connectivity index (χ0n) is 14.9. The van der Waals surface area contributed by atoms with Crippen molar-refractivity contribution >= 4 is 11.7 Å². The molecule has 2 aliphatic heterocycles. The molecule has 0 atom stereocenters. The SMILES string of the molecule is C/C=C\N=C(CC)N1CCN(C2CN(C(C)=O)C2)CC1.CC. The summed E-state index contributed by atoms with van der Waals surface area (Å²) < 4.78 is 0. The molecule has 22 heavy (non-hydrogen) atoms. The van der Waals surface area contributed by atoms with E-state index in [1.54, 1.807) is 6.92 Å². The molecule has 126 valence electrons. The third kappa shape index (κ3) is 4.83. The van der Waals surface area contributed by atoms with Gasteiger partial charge in [0.25, 0.3) is 0 Å². The molecule has 0 aliphatic carbocycles. The number of piperazine rings is 1. The first-order valence-corrected chi connectivity index (χ1v) is 8.58. The Morgan fingerprint density at radius 1 is 1.14 bits per heavy atom. The number of rotatable bonds is 3. The average Bonchev–Trinajstić information content (AvgIpc) is 2.49. The normalized spacial score (nSPS) is 20.7. The Labute approximate surface area is 135 Å². The van der Waals surface area contributed by atoms with E-state index in [2.05, 4.69) is 21.7 Å². The molecule has 2 aliphatic rings. The number of allylic oxidation sites excluding steroid dienone is 1. The number of hydrogen-bond acceptors (Lipinski definition) is 3. The Morgan fingerprint density at radius 2 is 1.73 bits per heavy atom. The summed E-state index contributed by atoms with van der Waals surface area (Å²) in [4.78, 5) is 22.5. The highest BCUT2D eigenvalue weighted by atomic mass is 16.2. The van der Waals surface area contributed by atoms with Gasteiger partial charge in [-0.15, -0.1) is 0 Å². The van der Waals surface area contributed by atoms with Crippen LogP contribution in [0, 0.1) is 0 Å². The lowest BCUT2D eigenvalue weighted by atomic mass is 10.1. The summed E-state index contributed by atoms with van der Waals surface area (Å²) >= 11 is 0. The van der Waals surface area contributed by atoms with Crippen molar-refractivity contribution in [3.63, 3.8) is 0 Å². The summed E-state index contributed by atoms with van der Waals surface area (Å²) in [5, 5.41) is 0. The molecule has 5 heteroatoms. The van der Waals surface area contributed by atoms with Gasteiger partial charge in [0.15, 0.2) is 0 Å². The Bertz CT molecular complexity index is 391. The van der Waals surface area contributed by atoms with Crippen LogP contribution >= 0.6 is 0 Å². The number of carbonyl (C=O) groups excluding carboxylic acids is 1. The fourth-order valence-electron chi connectivity index (χ4n) is 2.85. The molecule has 0 aromatic rings. The fraction of sp³-hybridized carbons (Fsp3) is 0.765. The van der Waals surface area contributed by atoms with Crippen molar-refractivity contribution in [3.05, 3.63) is 12.3 Å². The van der Waals surface area contributed by atoms with E-state index < -0.39 is 0 Å². The highest BCUT2D eigenvalue weighted by Gasteiger charge is 2.34. The maximum atomic E-state index is 11.2. The predicted molar refractivity (Wildman–Crippen MR) is 93.1 cm³/mol. The third-order valence-corrected chi connectivity index (χ3v) is 4.19. The molecule has 2 heterocycles. The molecule has 0 bridgehead atoms. The van der Waals surface area contributed by atoms with E-state index in [0.29, 0.717) is 6.04 Å². The Balaban J connectivity index is 0.00000116. The summed E-state index contributed by atoms with van der Waals surface area (Å²) in [5.41, 5.74) is 0. The molecule has 0 aromatic carbocycles. The van der Waals surface area contributed by atoms with Crippen LogP contribution in [0.4, 0.5) is 0 Å². The zero-order chi connectivity index (χ0) is 16.5. The fourth-order valence-corrected chi connectivity index (χ4v) is 2.85. The standard InChI is InChI=1S/C15H26N4O.C2H6/c1-4-6-16-15(5-2)18-9-7-17(8-10-18)14-11-19(12-14)13(3)20;1-2/h4,6,14H,5,7-12H2,1-3H3;1-2H3/b6-4-,16-15?;. The van der Waals surface area contributed by atoms with E-state index >= 15 is 0 Å². The van der Waals surface area contributed by atoms with Crippen molar-refractivity contribution in [1.29, 1.82) is 0 Å². The van der Waals surface area contributed by atoms with Crippen molar-refractivity contribution in [3.8, 4) is 0 Å². The topological polar surface area (TPSA) is 39.1 Å². The first-order valence-electron chi connectivity index (χ1n) is 8.58. The highest BCUT2D eigenvalue weighted by Crippen LogP contribution is 2.17. The van der Waals surface area contributed by atoms with Gasteiger partial charge in [0.05, 0.1) is 0 Å². The van der Waals surface area contributed by atoms with E-state index in [-0.39, 0.29) is 5.91 Å². The number of amides is 1. The quantitative estimate of drug-likeness (QED) is 0.593. The molecular weight excluding hydrogens is 276 g/mol. The lowest BCUT2D eigenvalue weighted by molar-refractivity contribution is -0.136. The van der Waals surface area contributed by atoms with E-state index in [9.17, 15) is 4.79 Å². The molecular formula is C17H32N4O. The van der Waals surface area contributed by atoms with E-state index in [1.165, 1.54) is 5.84 Å². The maximum Gasteiger partial charge on any atom is 0.219 e. The van der Waals surface area contributed by atoms with E-state index in [0.717, 1.165) is 45.7 Å². The number of likely N-dealkylation sites (tertiary alicyclic amines) is 1. The number of carbonyl (C=O) groups is 1. The summed E-state index contributed by atoms with van der Waals surface area (Å²) in [6.07, 6.45) is 4.82. The largest absolute Gasteiger partial charge is 0.358 e. The minimum atomic E-state index is 0.201. The molecule has 2 fully saturated rings. The third-order valence-electron chi connectivity index (χ3n) is 4.19. The first kappa shape index (κ1) is 18.7. The minimum absolute atomic E-state index is 0.201. The molecule has 0 radical (unpaired) electrons. The molecule has 0 unspecified atom stereocenters. The van der Waals surface area contributed by atoms with Gasteiger partial charge in [0, 0.05) is 64.9 Å². The maximum absolute atomic E-state index is 11.2. The molecule has 1 amide bonds.